The lowest BCUT2D eigenvalue weighted by molar-refractivity contribution is -0.128. The van der Waals surface area contributed by atoms with E-state index in [0.717, 1.165) is 4.31 Å². The van der Waals surface area contributed by atoms with E-state index in [0.29, 0.717) is 0 Å². The van der Waals surface area contributed by atoms with Crippen molar-refractivity contribution in [1.29, 1.82) is 0 Å². The lowest BCUT2D eigenvalue weighted by atomic mass is 10.5. The van der Waals surface area contributed by atoms with Crippen molar-refractivity contribution in [1.82, 2.24) is 19.0 Å². The largest absolute Gasteiger partial charge is 0.381 e. The van der Waals surface area contributed by atoms with Gasteiger partial charge < -0.3 is 10.6 Å². The molecule has 0 aliphatic carbocycles. The third-order valence-corrected chi connectivity index (χ3v) is 4.19. The van der Waals surface area contributed by atoms with Gasteiger partial charge in [-0.2, -0.15) is 9.40 Å². The maximum absolute atomic E-state index is 12.1. The van der Waals surface area contributed by atoms with E-state index in [2.05, 4.69) is 5.10 Å². The van der Waals surface area contributed by atoms with Crippen LogP contribution in [0.3, 0.4) is 0 Å². The van der Waals surface area contributed by atoms with Gasteiger partial charge in [0, 0.05) is 34.4 Å². The van der Waals surface area contributed by atoms with Crippen LogP contribution in [0.25, 0.3) is 0 Å². The third kappa shape index (κ3) is 2.79. The van der Waals surface area contributed by atoms with Crippen molar-refractivity contribution in [2.75, 3.05) is 33.4 Å². The summed E-state index contributed by atoms with van der Waals surface area (Å²) in [6.45, 7) is -0.246. The summed E-state index contributed by atoms with van der Waals surface area (Å²) in [4.78, 5) is 12.7. The molecule has 1 aromatic rings. The number of nitrogens with two attached hydrogens (primary N) is 1. The Hall–Kier alpha value is -1.61. The van der Waals surface area contributed by atoms with E-state index in [1.807, 2.05) is 0 Å². The normalized spacial score (nSPS) is 11.8. The van der Waals surface area contributed by atoms with Crippen LogP contribution in [0.15, 0.2) is 11.1 Å². The maximum Gasteiger partial charge on any atom is 0.248 e. The summed E-state index contributed by atoms with van der Waals surface area (Å²) in [6.07, 6.45) is 1.31. The smallest absolute Gasteiger partial charge is 0.248 e. The van der Waals surface area contributed by atoms with Crippen LogP contribution in [-0.4, -0.2) is 61.0 Å². The minimum absolute atomic E-state index is 0.0818. The predicted octanol–water partition coefficient (Wildman–Crippen LogP) is -1.29. The summed E-state index contributed by atoms with van der Waals surface area (Å²) < 4.78 is 26.5. The molecule has 0 saturated heterocycles. The lowest BCUT2D eigenvalue weighted by Gasteiger charge is -2.18. The van der Waals surface area contributed by atoms with E-state index in [-0.39, 0.29) is 23.2 Å². The molecule has 0 aromatic carbocycles. The second kappa shape index (κ2) is 4.94. The number of carbonyl (C=O) groups is 1. The molecule has 0 spiro atoms. The fourth-order valence-electron chi connectivity index (χ4n) is 1.27. The van der Waals surface area contributed by atoms with Crippen molar-refractivity contribution < 1.29 is 13.2 Å². The number of nitrogens with zero attached hydrogens (tertiary/aromatic N) is 4. The highest BCUT2D eigenvalue weighted by molar-refractivity contribution is 7.89. The Morgan fingerprint density at radius 3 is 2.39 bits per heavy atom. The van der Waals surface area contributed by atoms with Gasteiger partial charge in [0.2, 0.25) is 15.9 Å². The van der Waals surface area contributed by atoms with Crippen molar-refractivity contribution in [3.8, 4) is 0 Å². The number of aromatic nitrogens is 2. The summed E-state index contributed by atoms with van der Waals surface area (Å²) in [5.41, 5.74) is 5.52. The number of carbonyl (C=O) groups excluding carboxylic acids is 1. The quantitative estimate of drug-likeness (QED) is 0.736. The van der Waals surface area contributed by atoms with Crippen LogP contribution >= 0.6 is 0 Å². The van der Waals surface area contributed by atoms with Crippen molar-refractivity contribution >= 4 is 21.7 Å². The predicted molar refractivity (Wildman–Crippen MR) is 66.1 cm³/mol. The van der Waals surface area contributed by atoms with E-state index in [1.54, 1.807) is 21.1 Å². The zero-order chi connectivity index (χ0) is 14.1. The average Bonchev–Trinajstić information content (AvgIpc) is 2.57. The molecule has 0 aliphatic rings. The number of sulfonamides is 1. The average molecular weight is 275 g/mol. The molecule has 0 fully saturated rings. The molecule has 1 rings (SSSR count). The highest BCUT2D eigenvalue weighted by Gasteiger charge is 2.27. The number of hydrogen-bond acceptors (Lipinski definition) is 5. The molecule has 102 valence electrons. The minimum Gasteiger partial charge on any atom is -0.381 e. The van der Waals surface area contributed by atoms with Gasteiger partial charge in [0.25, 0.3) is 0 Å². The van der Waals surface area contributed by atoms with Gasteiger partial charge in [0.15, 0.2) is 5.82 Å². The second-order valence-electron chi connectivity index (χ2n) is 4.10. The number of rotatable bonds is 4. The number of nitrogen functional groups attached to an aromatic ring is 1. The Morgan fingerprint density at radius 1 is 1.44 bits per heavy atom. The Bertz CT molecular complexity index is 549. The Labute approximate surface area is 106 Å². The molecule has 1 aromatic heterocycles. The lowest BCUT2D eigenvalue weighted by Crippen LogP contribution is -2.37. The third-order valence-electron chi connectivity index (χ3n) is 2.37. The molecule has 0 aliphatic heterocycles. The molecule has 0 atom stereocenters. The van der Waals surface area contributed by atoms with Gasteiger partial charge in [0.05, 0.1) is 6.54 Å². The Balaban J connectivity index is 3.00. The molecular formula is C9H17N5O3S. The highest BCUT2D eigenvalue weighted by atomic mass is 32.2. The number of amides is 1. The molecule has 0 unspecified atom stereocenters. The molecule has 1 amide bonds. The fraction of sp³-hybridized carbons (Fsp3) is 0.556. The van der Waals surface area contributed by atoms with Crippen LogP contribution < -0.4 is 5.73 Å². The van der Waals surface area contributed by atoms with Gasteiger partial charge in [-0.1, -0.05) is 0 Å². The zero-order valence-electron chi connectivity index (χ0n) is 10.8. The zero-order valence-corrected chi connectivity index (χ0v) is 11.6. The standard InChI is InChI=1S/C9H17N5O3S/c1-12(2)8(15)6-14(4)18(16,17)7-5-13(3)11-9(7)10/h5H,6H2,1-4H3,(H2,10,11). The van der Waals surface area contributed by atoms with Crippen LogP contribution in [0.1, 0.15) is 0 Å². The highest BCUT2D eigenvalue weighted by Crippen LogP contribution is 2.19. The van der Waals surface area contributed by atoms with Gasteiger partial charge in [-0.05, 0) is 0 Å². The van der Waals surface area contributed by atoms with E-state index < -0.39 is 10.0 Å². The van der Waals surface area contributed by atoms with Gasteiger partial charge in [-0.15, -0.1) is 0 Å². The topological polar surface area (TPSA) is 102 Å². The molecule has 0 bridgehead atoms. The first-order valence-electron chi connectivity index (χ1n) is 5.12. The molecule has 8 nitrogen and oxygen atoms in total. The number of likely N-dealkylation sites (N-methyl/N-ethyl adjacent to an activating group) is 2. The van der Waals surface area contributed by atoms with Crippen LogP contribution in [0.4, 0.5) is 5.82 Å². The van der Waals surface area contributed by atoms with E-state index in [1.165, 1.54) is 22.8 Å². The molecule has 0 radical (unpaired) electrons. The van der Waals surface area contributed by atoms with Crippen molar-refractivity contribution in [3.05, 3.63) is 6.20 Å². The van der Waals surface area contributed by atoms with E-state index in [9.17, 15) is 13.2 Å². The molecular weight excluding hydrogens is 258 g/mol. The first-order chi connectivity index (χ1) is 8.16. The first-order valence-corrected chi connectivity index (χ1v) is 6.56. The van der Waals surface area contributed by atoms with Crippen LogP contribution in [0, 0.1) is 0 Å². The molecule has 18 heavy (non-hydrogen) atoms. The summed E-state index contributed by atoms with van der Waals surface area (Å²) in [5.74, 6) is -0.398. The van der Waals surface area contributed by atoms with Crippen LogP contribution in [0.2, 0.25) is 0 Å². The number of hydrogen-bond donors (Lipinski definition) is 1. The van der Waals surface area contributed by atoms with Gasteiger partial charge in [0.1, 0.15) is 4.90 Å². The van der Waals surface area contributed by atoms with Crippen molar-refractivity contribution in [2.24, 2.45) is 7.05 Å². The summed E-state index contributed by atoms with van der Waals surface area (Å²) >= 11 is 0. The number of aryl methyl sites for hydroxylation is 1. The summed E-state index contributed by atoms with van der Waals surface area (Å²) in [5, 5.41) is 3.77. The number of anilines is 1. The molecule has 1 heterocycles. The van der Waals surface area contributed by atoms with Crippen molar-refractivity contribution in [3.63, 3.8) is 0 Å². The van der Waals surface area contributed by atoms with E-state index >= 15 is 0 Å². The monoisotopic (exact) mass is 275 g/mol. The maximum atomic E-state index is 12.1. The molecule has 2 N–H and O–H groups in total. The van der Waals surface area contributed by atoms with Gasteiger partial charge in [-0.25, -0.2) is 8.42 Å². The summed E-state index contributed by atoms with van der Waals surface area (Å²) in [6, 6.07) is 0. The van der Waals surface area contributed by atoms with Crippen LogP contribution in [-0.2, 0) is 21.9 Å². The van der Waals surface area contributed by atoms with Gasteiger partial charge in [-0.3, -0.25) is 9.48 Å². The van der Waals surface area contributed by atoms with Crippen LogP contribution in [0.5, 0.6) is 0 Å². The molecule has 0 saturated carbocycles. The Morgan fingerprint density at radius 2 is 2.00 bits per heavy atom. The van der Waals surface area contributed by atoms with Crippen molar-refractivity contribution in [2.45, 2.75) is 4.90 Å². The SMILES string of the molecule is CN(C)C(=O)CN(C)S(=O)(=O)c1cn(C)nc1N. The summed E-state index contributed by atoms with van der Waals surface area (Å²) in [7, 11) is 2.21. The minimum atomic E-state index is -3.80. The first kappa shape index (κ1) is 14.5. The fourth-order valence-corrected chi connectivity index (χ4v) is 2.47. The van der Waals surface area contributed by atoms with E-state index in [4.69, 9.17) is 5.73 Å². The Kier molecular flexibility index (Phi) is 3.97. The molecule has 9 heteroatoms. The van der Waals surface area contributed by atoms with Gasteiger partial charge >= 0.3 is 0 Å². The second-order valence-corrected chi connectivity index (χ2v) is 6.11.